The van der Waals surface area contributed by atoms with E-state index in [0.717, 1.165) is 41.5 Å². The first-order valence-electron chi connectivity index (χ1n) is 12.6. The molecule has 37 heavy (non-hydrogen) atoms. The molecule has 1 fully saturated rings. The van der Waals surface area contributed by atoms with Gasteiger partial charge in [-0.15, -0.1) is 0 Å². The van der Waals surface area contributed by atoms with Crippen molar-refractivity contribution in [1.29, 1.82) is 0 Å². The molecule has 3 aromatic rings. The molecule has 1 saturated carbocycles. The lowest BCUT2D eigenvalue weighted by molar-refractivity contribution is -0.123. The Kier molecular flexibility index (Phi) is 6.23. The molecule has 1 aliphatic carbocycles. The first-order valence-corrected chi connectivity index (χ1v) is 12.6. The number of aromatic nitrogens is 1. The summed E-state index contributed by atoms with van der Waals surface area (Å²) < 4.78 is 5.45. The quantitative estimate of drug-likeness (QED) is 0.398. The van der Waals surface area contributed by atoms with Gasteiger partial charge in [0.25, 0.3) is 5.91 Å². The molecule has 192 valence electrons. The Hall–Kier alpha value is -4.14. The van der Waals surface area contributed by atoms with Crippen LogP contribution in [-0.2, 0) is 9.53 Å². The van der Waals surface area contributed by atoms with Crippen LogP contribution in [0.1, 0.15) is 68.8 Å². The SMILES string of the molecule is CC(C)(C)OC(=O)NC1(C(=O)Nc2cc3c4c(c(-c5ccccc5)[nH]c4c2)C=NNC3=O)CCCCC1. The number of carbonyl (C=O) groups is 3. The van der Waals surface area contributed by atoms with Gasteiger partial charge in [0, 0.05) is 22.2 Å². The number of carbonyl (C=O) groups excluding carboxylic acids is 3. The van der Waals surface area contributed by atoms with Crippen LogP contribution in [0.4, 0.5) is 10.5 Å². The van der Waals surface area contributed by atoms with Crippen LogP contribution in [0.15, 0.2) is 47.6 Å². The number of H-pyrrole nitrogens is 1. The largest absolute Gasteiger partial charge is 0.444 e. The van der Waals surface area contributed by atoms with Crippen molar-refractivity contribution in [2.75, 3.05) is 5.32 Å². The van der Waals surface area contributed by atoms with Gasteiger partial charge >= 0.3 is 6.09 Å². The van der Waals surface area contributed by atoms with E-state index >= 15 is 0 Å². The minimum absolute atomic E-state index is 0.329. The van der Waals surface area contributed by atoms with Gasteiger partial charge in [-0.25, -0.2) is 10.2 Å². The predicted octanol–water partition coefficient (Wildman–Crippen LogP) is 5.08. The summed E-state index contributed by atoms with van der Waals surface area (Å²) in [5.41, 5.74) is 4.90. The molecule has 2 aromatic carbocycles. The number of amides is 3. The number of ether oxygens (including phenoxy) is 1. The Morgan fingerprint density at radius 2 is 1.78 bits per heavy atom. The molecule has 9 nitrogen and oxygen atoms in total. The maximum absolute atomic E-state index is 13.7. The van der Waals surface area contributed by atoms with E-state index in [-0.39, 0.29) is 11.8 Å². The molecule has 0 spiro atoms. The normalized spacial score (nSPS) is 16.6. The van der Waals surface area contributed by atoms with Gasteiger partial charge in [0.05, 0.1) is 17.5 Å². The molecule has 0 unspecified atom stereocenters. The molecule has 5 rings (SSSR count). The molecule has 2 aliphatic rings. The van der Waals surface area contributed by atoms with Gasteiger partial charge in [-0.05, 0) is 51.3 Å². The Bertz CT molecular complexity index is 1400. The van der Waals surface area contributed by atoms with E-state index < -0.39 is 17.2 Å². The number of anilines is 1. The van der Waals surface area contributed by atoms with E-state index in [1.54, 1.807) is 33.1 Å². The summed E-state index contributed by atoms with van der Waals surface area (Å²) >= 11 is 0. The zero-order valence-corrected chi connectivity index (χ0v) is 21.2. The Balaban J connectivity index is 1.51. The summed E-state index contributed by atoms with van der Waals surface area (Å²) in [5.74, 6) is -0.695. The minimum Gasteiger partial charge on any atom is -0.444 e. The Labute approximate surface area is 215 Å². The summed E-state index contributed by atoms with van der Waals surface area (Å²) in [7, 11) is 0. The third-order valence-electron chi connectivity index (χ3n) is 6.74. The summed E-state index contributed by atoms with van der Waals surface area (Å²) in [6.45, 7) is 5.35. The highest BCUT2D eigenvalue weighted by molar-refractivity contribution is 6.18. The molecule has 0 bridgehead atoms. The second kappa shape index (κ2) is 9.38. The van der Waals surface area contributed by atoms with Crippen molar-refractivity contribution in [2.24, 2.45) is 5.10 Å². The average molecular weight is 502 g/mol. The molecule has 1 aliphatic heterocycles. The van der Waals surface area contributed by atoms with E-state index in [2.05, 4.69) is 26.1 Å². The smallest absolute Gasteiger partial charge is 0.408 e. The standard InChI is InChI=1S/C28H31N5O4/c1-27(2,3)37-26(36)32-28(12-8-5-9-13-28)25(35)30-18-14-19-22-20(16-29-33-24(19)34)23(31-21(22)15-18)17-10-6-4-7-11-17/h4,6-7,10-11,14-16,31H,5,8-9,12-13H2,1-3H3,(H,30,35)(H,32,36)(H,33,34). The van der Waals surface area contributed by atoms with Crippen LogP contribution in [0.5, 0.6) is 0 Å². The highest BCUT2D eigenvalue weighted by Crippen LogP contribution is 2.35. The number of nitrogens with one attached hydrogen (secondary N) is 4. The fraction of sp³-hybridized carbons (Fsp3) is 0.357. The summed E-state index contributed by atoms with van der Waals surface area (Å²) in [6.07, 6.45) is 4.65. The zero-order chi connectivity index (χ0) is 26.2. The van der Waals surface area contributed by atoms with Crippen LogP contribution in [0.25, 0.3) is 22.2 Å². The van der Waals surface area contributed by atoms with Crippen LogP contribution < -0.4 is 16.1 Å². The lowest BCUT2D eigenvalue weighted by Gasteiger charge is -2.37. The van der Waals surface area contributed by atoms with Crippen LogP contribution in [0.3, 0.4) is 0 Å². The molecule has 0 radical (unpaired) electrons. The van der Waals surface area contributed by atoms with Crippen molar-refractivity contribution < 1.29 is 19.1 Å². The van der Waals surface area contributed by atoms with Crippen molar-refractivity contribution in [2.45, 2.75) is 64.0 Å². The third-order valence-corrected chi connectivity index (χ3v) is 6.74. The number of nitrogens with zero attached hydrogens (tertiary/aromatic N) is 1. The van der Waals surface area contributed by atoms with Gasteiger partial charge in [-0.1, -0.05) is 49.6 Å². The monoisotopic (exact) mass is 501 g/mol. The van der Waals surface area contributed by atoms with Crippen molar-refractivity contribution in [3.8, 4) is 11.3 Å². The van der Waals surface area contributed by atoms with Gasteiger partial charge in [0.15, 0.2) is 0 Å². The second-order valence-electron chi connectivity index (χ2n) is 10.6. The Morgan fingerprint density at radius 3 is 2.49 bits per heavy atom. The van der Waals surface area contributed by atoms with Crippen LogP contribution >= 0.6 is 0 Å². The van der Waals surface area contributed by atoms with Gasteiger partial charge in [-0.3, -0.25) is 9.59 Å². The van der Waals surface area contributed by atoms with Gasteiger partial charge in [-0.2, -0.15) is 5.10 Å². The highest BCUT2D eigenvalue weighted by atomic mass is 16.6. The Morgan fingerprint density at radius 1 is 1.05 bits per heavy atom. The first kappa shape index (κ1) is 24.5. The van der Waals surface area contributed by atoms with E-state index in [4.69, 9.17) is 4.74 Å². The minimum atomic E-state index is -1.09. The highest BCUT2D eigenvalue weighted by Gasteiger charge is 2.42. The number of hydrazone groups is 1. The molecular formula is C28H31N5O4. The van der Waals surface area contributed by atoms with Crippen molar-refractivity contribution in [3.63, 3.8) is 0 Å². The fourth-order valence-electron chi connectivity index (χ4n) is 5.10. The van der Waals surface area contributed by atoms with Crippen molar-refractivity contribution in [1.82, 2.24) is 15.7 Å². The van der Waals surface area contributed by atoms with Crippen LogP contribution in [0, 0.1) is 0 Å². The van der Waals surface area contributed by atoms with E-state index in [0.29, 0.717) is 29.6 Å². The van der Waals surface area contributed by atoms with Gasteiger partial charge in [0.1, 0.15) is 11.1 Å². The molecule has 0 saturated heterocycles. The predicted molar refractivity (Wildman–Crippen MR) is 143 cm³/mol. The first-order chi connectivity index (χ1) is 17.7. The molecule has 2 heterocycles. The van der Waals surface area contributed by atoms with Gasteiger partial charge in [0.2, 0.25) is 5.91 Å². The van der Waals surface area contributed by atoms with Crippen molar-refractivity contribution >= 4 is 40.7 Å². The molecule has 9 heteroatoms. The maximum Gasteiger partial charge on any atom is 0.408 e. The third kappa shape index (κ3) is 4.94. The van der Waals surface area contributed by atoms with Crippen LogP contribution in [-0.4, -0.2) is 40.2 Å². The lowest BCUT2D eigenvalue weighted by Crippen LogP contribution is -2.58. The zero-order valence-electron chi connectivity index (χ0n) is 21.2. The molecule has 3 amide bonds. The average Bonchev–Trinajstić information content (AvgIpc) is 3.12. The van der Waals surface area contributed by atoms with Gasteiger partial charge < -0.3 is 20.4 Å². The number of rotatable bonds is 4. The topological polar surface area (TPSA) is 125 Å². The molecule has 1 aromatic heterocycles. The summed E-state index contributed by atoms with van der Waals surface area (Å²) in [6, 6.07) is 13.2. The fourth-order valence-corrected chi connectivity index (χ4v) is 5.10. The number of hydrogen-bond acceptors (Lipinski definition) is 5. The van der Waals surface area contributed by atoms with E-state index in [1.807, 2.05) is 36.4 Å². The molecule has 4 N–H and O–H groups in total. The van der Waals surface area contributed by atoms with E-state index in [9.17, 15) is 14.4 Å². The maximum atomic E-state index is 13.7. The summed E-state index contributed by atoms with van der Waals surface area (Å²) in [5, 5.41) is 10.7. The van der Waals surface area contributed by atoms with Crippen LogP contribution in [0.2, 0.25) is 0 Å². The number of aromatic amines is 1. The number of alkyl carbamates (subject to hydrolysis) is 1. The van der Waals surface area contributed by atoms with E-state index in [1.165, 1.54) is 0 Å². The number of benzene rings is 2. The summed E-state index contributed by atoms with van der Waals surface area (Å²) in [4.78, 5) is 42.6. The lowest BCUT2D eigenvalue weighted by atomic mass is 9.81. The second-order valence-corrected chi connectivity index (χ2v) is 10.6. The molecular weight excluding hydrogens is 470 g/mol. The number of hydrogen-bond donors (Lipinski definition) is 4. The molecule has 0 atom stereocenters. The van der Waals surface area contributed by atoms with Crippen molar-refractivity contribution in [3.05, 3.63) is 53.6 Å².